The van der Waals surface area contributed by atoms with E-state index < -0.39 is 0 Å². The quantitative estimate of drug-likeness (QED) is 0.820. The molecule has 1 amide bonds. The standard InChI is InChI=1S/C24H32N4O2/c1-18-6-10-28(11-7-18)23-25-15-20(16-26-23)22(29)27-17-24(8-12-30-13-9-24)21-5-3-4-19(2)14-21/h3-5,14-16,18H,6-13,17H2,1-2H3,(H,27,29). The maximum atomic E-state index is 12.8. The van der Waals surface area contributed by atoms with Crippen molar-refractivity contribution in [2.75, 3.05) is 37.7 Å². The molecule has 0 radical (unpaired) electrons. The maximum absolute atomic E-state index is 12.8. The minimum Gasteiger partial charge on any atom is -0.381 e. The van der Waals surface area contributed by atoms with E-state index in [0.717, 1.165) is 63.9 Å². The average molecular weight is 409 g/mol. The first-order chi connectivity index (χ1) is 14.6. The van der Waals surface area contributed by atoms with E-state index in [0.29, 0.717) is 12.1 Å². The van der Waals surface area contributed by atoms with Crippen molar-refractivity contribution in [2.45, 2.75) is 44.9 Å². The highest BCUT2D eigenvalue weighted by Gasteiger charge is 2.35. The third-order valence-electron chi connectivity index (χ3n) is 6.63. The van der Waals surface area contributed by atoms with Gasteiger partial charge in [-0.2, -0.15) is 0 Å². The van der Waals surface area contributed by atoms with E-state index >= 15 is 0 Å². The van der Waals surface area contributed by atoms with Gasteiger partial charge in [0.15, 0.2) is 0 Å². The van der Waals surface area contributed by atoms with E-state index in [4.69, 9.17) is 4.74 Å². The molecule has 4 rings (SSSR count). The van der Waals surface area contributed by atoms with E-state index in [-0.39, 0.29) is 11.3 Å². The molecule has 30 heavy (non-hydrogen) atoms. The molecule has 0 saturated carbocycles. The molecule has 3 heterocycles. The van der Waals surface area contributed by atoms with Crippen LogP contribution in [0.4, 0.5) is 5.95 Å². The van der Waals surface area contributed by atoms with Crippen LogP contribution in [-0.4, -0.2) is 48.7 Å². The van der Waals surface area contributed by atoms with Crippen molar-refractivity contribution in [1.82, 2.24) is 15.3 Å². The molecule has 0 unspecified atom stereocenters. The predicted octanol–water partition coefficient (Wildman–Crippen LogP) is 3.50. The maximum Gasteiger partial charge on any atom is 0.254 e. The predicted molar refractivity (Wildman–Crippen MR) is 118 cm³/mol. The van der Waals surface area contributed by atoms with Crippen LogP contribution in [0.15, 0.2) is 36.7 Å². The lowest BCUT2D eigenvalue weighted by molar-refractivity contribution is 0.0487. The number of aryl methyl sites for hydroxylation is 1. The van der Waals surface area contributed by atoms with Crippen LogP contribution in [0.3, 0.4) is 0 Å². The zero-order valence-corrected chi connectivity index (χ0v) is 18.1. The van der Waals surface area contributed by atoms with Gasteiger partial charge in [0.2, 0.25) is 5.95 Å². The molecule has 6 nitrogen and oxygen atoms in total. The van der Waals surface area contributed by atoms with Gasteiger partial charge in [0.25, 0.3) is 5.91 Å². The van der Waals surface area contributed by atoms with E-state index in [1.54, 1.807) is 12.4 Å². The summed E-state index contributed by atoms with van der Waals surface area (Å²) in [6, 6.07) is 8.60. The molecule has 1 aromatic carbocycles. The number of carbonyl (C=O) groups excluding carboxylic acids is 1. The minimum atomic E-state index is -0.118. The summed E-state index contributed by atoms with van der Waals surface area (Å²) in [7, 11) is 0. The third kappa shape index (κ3) is 4.64. The van der Waals surface area contributed by atoms with Crippen LogP contribution in [0.25, 0.3) is 0 Å². The summed E-state index contributed by atoms with van der Waals surface area (Å²) in [6.07, 6.45) is 7.43. The molecule has 0 atom stereocenters. The largest absolute Gasteiger partial charge is 0.381 e. The summed E-state index contributed by atoms with van der Waals surface area (Å²) in [4.78, 5) is 24.0. The number of amides is 1. The van der Waals surface area contributed by atoms with Crippen molar-refractivity contribution in [3.63, 3.8) is 0 Å². The molecular weight excluding hydrogens is 376 g/mol. The molecule has 160 valence electrons. The number of rotatable bonds is 5. The second-order valence-electron chi connectivity index (χ2n) is 8.89. The van der Waals surface area contributed by atoms with Crippen molar-refractivity contribution < 1.29 is 9.53 Å². The van der Waals surface area contributed by atoms with E-state index in [1.165, 1.54) is 11.1 Å². The zero-order valence-electron chi connectivity index (χ0n) is 18.1. The van der Waals surface area contributed by atoms with Crippen molar-refractivity contribution in [2.24, 2.45) is 5.92 Å². The first-order valence-electron chi connectivity index (χ1n) is 11.1. The number of anilines is 1. The Morgan fingerprint density at radius 2 is 1.90 bits per heavy atom. The van der Waals surface area contributed by atoms with Gasteiger partial charge in [-0.15, -0.1) is 0 Å². The van der Waals surface area contributed by atoms with Gasteiger partial charge in [-0.25, -0.2) is 9.97 Å². The number of ether oxygens (including phenoxy) is 1. The molecule has 2 aliphatic heterocycles. The highest BCUT2D eigenvalue weighted by atomic mass is 16.5. The fourth-order valence-electron chi connectivity index (χ4n) is 4.47. The molecule has 0 aliphatic carbocycles. The Kier molecular flexibility index (Phi) is 6.32. The van der Waals surface area contributed by atoms with Crippen LogP contribution in [0.2, 0.25) is 0 Å². The van der Waals surface area contributed by atoms with Crippen LogP contribution in [0.5, 0.6) is 0 Å². The number of hydrogen-bond acceptors (Lipinski definition) is 5. The lowest BCUT2D eigenvalue weighted by Gasteiger charge is -2.38. The monoisotopic (exact) mass is 408 g/mol. The Bertz CT molecular complexity index is 854. The number of nitrogens with one attached hydrogen (secondary N) is 1. The Morgan fingerprint density at radius 3 is 2.57 bits per heavy atom. The van der Waals surface area contributed by atoms with Crippen LogP contribution in [-0.2, 0) is 10.2 Å². The van der Waals surface area contributed by atoms with Crippen molar-refractivity contribution in [1.29, 1.82) is 0 Å². The molecular formula is C24H32N4O2. The van der Waals surface area contributed by atoms with E-state index in [1.807, 2.05) is 0 Å². The van der Waals surface area contributed by atoms with E-state index in [9.17, 15) is 4.79 Å². The zero-order chi connectivity index (χ0) is 21.0. The first kappa shape index (κ1) is 20.8. The summed E-state index contributed by atoms with van der Waals surface area (Å²) >= 11 is 0. The van der Waals surface area contributed by atoms with Gasteiger partial charge in [0.05, 0.1) is 5.56 Å². The fraction of sp³-hybridized carbons (Fsp3) is 0.542. The van der Waals surface area contributed by atoms with Gasteiger partial charge >= 0.3 is 0 Å². The number of benzene rings is 1. The van der Waals surface area contributed by atoms with E-state index in [2.05, 4.69) is 58.3 Å². The Morgan fingerprint density at radius 1 is 1.20 bits per heavy atom. The number of piperidine rings is 1. The average Bonchev–Trinajstić information content (AvgIpc) is 2.79. The normalized spacial score (nSPS) is 19.5. The number of carbonyl (C=O) groups is 1. The molecule has 2 aromatic rings. The van der Waals surface area contributed by atoms with Crippen molar-refractivity contribution >= 4 is 11.9 Å². The third-order valence-corrected chi connectivity index (χ3v) is 6.63. The second kappa shape index (κ2) is 9.13. The number of aromatic nitrogens is 2. The summed E-state index contributed by atoms with van der Waals surface area (Å²) < 4.78 is 5.61. The first-order valence-corrected chi connectivity index (χ1v) is 11.1. The lowest BCUT2D eigenvalue weighted by atomic mass is 9.73. The Hall–Kier alpha value is -2.47. The molecule has 2 saturated heterocycles. The molecule has 6 heteroatoms. The van der Waals surface area contributed by atoms with Gasteiger partial charge in [-0.1, -0.05) is 36.8 Å². The van der Waals surface area contributed by atoms with Gasteiger partial charge in [0, 0.05) is 50.7 Å². The fourth-order valence-corrected chi connectivity index (χ4v) is 4.47. The molecule has 1 N–H and O–H groups in total. The van der Waals surface area contributed by atoms with Gasteiger partial charge in [-0.3, -0.25) is 4.79 Å². The van der Waals surface area contributed by atoms with Gasteiger partial charge in [0.1, 0.15) is 0 Å². The minimum absolute atomic E-state index is 0.0920. The smallest absolute Gasteiger partial charge is 0.254 e. The SMILES string of the molecule is Cc1cccc(C2(CNC(=O)c3cnc(N4CCC(C)CC4)nc3)CCOCC2)c1. The van der Waals surface area contributed by atoms with Crippen LogP contribution in [0.1, 0.15) is 54.1 Å². The molecule has 2 aliphatic rings. The van der Waals surface area contributed by atoms with Crippen molar-refractivity contribution in [3.05, 3.63) is 53.3 Å². The summed E-state index contributed by atoms with van der Waals surface area (Å²) in [5.41, 5.74) is 2.93. The highest BCUT2D eigenvalue weighted by molar-refractivity contribution is 5.93. The molecule has 0 spiro atoms. The number of hydrogen-bond donors (Lipinski definition) is 1. The molecule has 2 fully saturated rings. The second-order valence-corrected chi connectivity index (χ2v) is 8.89. The lowest BCUT2D eigenvalue weighted by Crippen LogP contribution is -2.44. The topological polar surface area (TPSA) is 67.4 Å². The van der Waals surface area contributed by atoms with Gasteiger partial charge in [-0.05, 0) is 44.1 Å². The van der Waals surface area contributed by atoms with Crippen LogP contribution < -0.4 is 10.2 Å². The van der Waals surface area contributed by atoms with Crippen molar-refractivity contribution in [3.8, 4) is 0 Å². The molecule has 0 bridgehead atoms. The molecule has 1 aromatic heterocycles. The van der Waals surface area contributed by atoms with Crippen LogP contribution >= 0.6 is 0 Å². The Labute approximate surface area is 179 Å². The van der Waals surface area contributed by atoms with Crippen LogP contribution in [0, 0.1) is 12.8 Å². The summed E-state index contributed by atoms with van der Waals surface area (Å²) in [5, 5.41) is 3.14. The summed E-state index contributed by atoms with van der Waals surface area (Å²) in [6.45, 7) is 8.38. The number of nitrogens with zero attached hydrogens (tertiary/aromatic N) is 3. The summed E-state index contributed by atoms with van der Waals surface area (Å²) in [5.74, 6) is 1.36. The Balaban J connectivity index is 1.42. The van der Waals surface area contributed by atoms with Gasteiger partial charge < -0.3 is 15.0 Å². The highest BCUT2D eigenvalue weighted by Crippen LogP contribution is 2.34.